The van der Waals surface area contributed by atoms with Crippen molar-refractivity contribution in [1.82, 2.24) is 4.98 Å². The molecule has 1 nitrogen and oxygen atoms in total. The lowest BCUT2D eigenvalue weighted by Gasteiger charge is -2.07. The number of hydrogen-bond donors (Lipinski definition) is 0. The molecule has 0 amide bonds. The smallest absolute Gasteiger partial charge is 0.247 e. The molecule has 0 aliphatic carbocycles. The molecule has 2 rings (SSSR count). The van der Waals surface area contributed by atoms with Gasteiger partial charge in [-0.2, -0.15) is 0 Å². The van der Waals surface area contributed by atoms with Crippen LogP contribution in [0.5, 0.6) is 0 Å². The van der Waals surface area contributed by atoms with Crippen LogP contribution in [0, 0.1) is 6.92 Å². The number of alkyl halides is 2. The van der Waals surface area contributed by atoms with E-state index in [1.807, 2.05) is 0 Å². The minimum absolute atomic E-state index is 0.219. The van der Waals surface area contributed by atoms with Gasteiger partial charge in [0.1, 0.15) is 5.69 Å². The molecule has 16 heavy (non-hydrogen) atoms. The summed E-state index contributed by atoms with van der Waals surface area (Å²) in [6.45, 7) is 1.77. The van der Waals surface area contributed by atoms with Gasteiger partial charge in [-0.25, -0.2) is 13.8 Å². The monoisotopic (exact) mass is 305 g/mol. The molecule has 1 aromatic carbocycles. The second kappa shape index (κ2) is 4.26. The minimum atomic E-state index is -2.56. The van der Waals surface area contributed by atoms with Gasteiger partial charge >= 0.3 is 0 Å². The third-order valence-corrected chi connectivity index (χ3v) is 3.50. The molecule has 2 aromatic rings. The van der Waals surface area contributed by atoms with E-state index < -0.39 is 6.43 Å². The van der Waals surface area contributed by atoms with Gasteiger partial charge in [0.05, 0.1) is 10.5 Å². The minimum Gasteiger partial charge on any atom is -0.247 e. The van der Waals surface area contributed by atoms with Crippen LogP contribution in [0.15, 0.2) is 22.7 Å². The summed E-state index contributed by atoms with van der Waals surface area (Å²) in [5, 5.41) is 1.28. The maximum atomic E-state index is 12.6. The van der Waals surface area contributed by atoms with Crippen molar-refractivity contribution < 1.29 is 8.78 Å². The van der Waals surface area contributed by atoms with E-state index in [2.05, 4.69) is 20.9 Å². The maximum Gasteiger partial charge on any atom is 0.280 e. The van der Waals surface area contributed by atoms with Gasteiger partial charge < -0.3 is 0 Å². The van der Waals surface area contributed by atoms with Crippen LogP contribution in [-0.4, -0.2) is 4.98 Å². The molecular formula is C11H7BrClF2N. The topological polar surface area (TPSA) is 12.9 Å². The van der Waals surface area contributed by atoms with E-state index in [-0.39, 0.29) is 5.69 Å². The quantitative estimate of drug-likeness (QED) is 0.730. The number of fused-ring (bicyclic) bond motifs is 1. The normalized spacial score (nSPS) is 11.4. The fraction of sp³-hybridized carbons (Fsp3) is 0.182. The Kier molecular flexibility index (Phi) is 3.13. The molecule has 0 saturated heterocycles. The molecule has 1 aromatic heterocycles. The summed E-state index contributed by atoms with van der Waals surface area (Å²) in [6.07, 6.45) is -2.56. The van der Waals surface area contributed by atoms with Crippen LogP contribution < -0.4 is 0 Å². The second-order valence-electron chi connectivity index (χ2n) is 3.45. The van der Waals surface area contributed by atoms with Crippen LogP contribution in [0.3, 0.4) is 0 Å². The number of aromatic nitrogens is 1. The molecule has 0 bridgehead atoms. The summed E-state index contributed by atoms with van der Waals surface area (Å²) < 4.78 is 25.8. The Morgan fingerprint density at radius 1 is 1.31 bits per heavy atom. The molecule has 0 radical (unpaired) electrons. The number of benzene rings is 1. The van der Waals surface area contributed by atoms with Crippen molar-refractivity contribution in [2.75, 3.05) is 0 Å². The van der Waals surface area contributed by atoms with Crippen molar-refractivity contribution in [2.24, 2.45) is 0 Å². The van der Waals surface area contributed by atoms with Crippen LogP contribution >= 0.6 is 27.5 Å². The molecule has 0 atom stereocenters. The van der Waals surface area contributed by atoms with Crippen LogP contribution in [0.4, 0.5) is 8.78 Å². The zero-order valence-corrected chi connectivity index (χ0v) is 10.6. The second-order valence-corrected chi connectivity index (χ2v) is 4.71. The number of aryl methyl sites for hydroxylation is 1. The number of hydrogen-bond acceptors (Lipinski definition) is 1. The Hall–Kier alpha value is -0.740. The third kappa shape index (κ3) is 2.04. The highest BCUT2D eigenvalue weighted by atomic mass is 79.9. The molecule has 84 valence electrons. The number of pyridine rings is 1. The molecule has 0 fully saturated rings. The van der Waals surface area contributed by atoms with E-state index in [9.17, 15) is 8.78 Å². The molecule has 0 saturated carbocycles. The Morgan fingerprint density at radius 2 is 2.00 bits per heavy atom. The fourth-order valence-electron chi connectivity index (χ4n) is 1.53. The van der Waals surface area contributed by atoms with Crippen molar-refractivity contribution in [1.29, 1.82) is 0 Å². The van der Waals surface area contributed by atoms with E-state index in [1.165, 1.54) is 6.07 Å². The first-order valence-corrected chi connectivity index (χ1v) is 5.70. The lowest BCUT2D eigenvalue weighted by molar-refractivity contribution is 0.146. The number of halogens is 4. The van der Waals surface area contributed by atoms with Gasteiger partial charge in [-0.1, -0.05) is 11.6 Å². The van der Waals surface area contributed by atoms with E-state index in [0.717, 1.165) is 15.4 Å². The molecule has 0 aliphatic rings. The Morgan fingerprint density at radius 3 is 2.62 bits per heavy atom. The summed E-state index contributed by atoms with van der Waals surface area (Å²) in [5.41, 5.74) is 1.03. The van der Waals surface area contributed by atoms with Crippen LogP contribution in [0.25, 0.3) is 10.9 Å². The van der Waals surface area contributed by atoms with E-state index >= 15 is 0 Å². The van der Waals surface area contributed by atoms with Gasteiger partial charge in [-0.3, -0.25) is 0 Å². The first-order chi connectivity index (χ1) is 7.49. The van der Waals surface area contributed by atoms with E-state index in [4.69, 9.17) is 11.6 Å². The van der Waals surface area contributed by atoms with Crippen molar-refractivity contribution in [3.05, 3.63) is 39.0 Å². The fourth-order valence-corrected chi connectivity index (χ4v) is 2.03. The van der Waals surface area contributed by atoms with Crippen LogP contribution in [0.1, 0.15) is 17.7 Å². The van der Waals surface area contributed by atoms with Gasteiger partial charge in [0.2, 0.25) is 0 Å². The van der Waals surface area contributed by atoms with Crippen LogP contribution in [0.2, 0.25) is 5.02 Å². The van der Waals surface area contributed by atoms with Gasteiger partial charge in [0.15, 0.2) is 0 Å². The summed E-state index contributed by atoms with van der Waals surface area (Å²) in [7, 11) is 0. The molecule has 0 unspecified atom stereocenters. The summed E-state index contributed by atoms with van der Waals surface area (Å²) in [5.74, 6) is 0. The Bertz CT molecular complexity index is 557. The Balaban J connectivity index is 2.77. The highest BCUT2D eigenvalue weighted by Crippen LogP contribution is 2.30. The van der Waals surface area contributed by atoms with E-state index in [0.29, 0.717) is 10.5 Å². The molecular weight excluding hydrogens is 299 g/mol. The largest absolute Gasteiger partial charge is 0.280 e. The molecule has 0 spiro atoms. The average molecular weight is 307 g/mol. The third-order valence-electron chi connectivity index (χ3n) is 2.30. The Labute approximate surface area is 105 Å². The lowest BCUT2D eigenvalue weighted by atomic mass is 10.1. The van der Waals surface area contributed by atoms with E-state index in [1.54, 1.807) is 19.1 Å². The van der Waals surface area contributed by atoms with Crippen LogP contribution in [-0.2, 0) is 0 Å². The predicted octanol–water partition coefficient (Wildman–Crippen LogP) is 4.90. The van der Waals surface area contributed by atoms with Gasteiger partial charge in [-0.05, 0) is 46.6 Å². The predicted molar refractivity (Wildman–Crippen MR) is 64.1 cm³/mol. The summed E-state index contributed by atoms with van der Waals surface area (Å²) in [4.78, 5) is 3.88. The standard InChI is InChI=1S/C11H7BrClF2N/c1-5-2-10(11(14)15)16-9-4-8(13)7(12)3-6(5)9/h2-4,11H,1H3. The zero-order chi connectivity index (χ0) is 11.9. The van der Waals surface area contributed by atoms with Gasteiger partial charge in [0.25, 0.3) is 6.43 Å². The zero-order valence-electron chi connectivity index (χ0n) is 8.27. The van der Waals surface area contributed by atoms with Gasteiger partial charge in [0, 0.05) is 9.86 Å². The van der Waals surface area contributed by atoms with Gasteiger partial charge in [-0.15, -0.1) is 0 Å². The van der Waals surface area contributed by atoms with Crippen molar-refractivity contribution in [3.8, 4) is 0 Å². The van der Waals surface area contributed by atoms with Crippen molar-refractivity contribution >= 4 is 38.4 Å². The average Bonchev–Trinajstić information content (AvgIpc) is 2.20. The number of nitrogens with zero attached hydrogens (tertiary/aromatic N) is 1. The molecule has 1 heterocycles. The molecule has 5 heteroatoms. The van der Waals surface area contributed by atoms with Crippen molar-refractivity contribution in [3.63, 3.8) is 0 Å². The molecule has 0 N–H and O–H groups in total. The maximum absolute atomic E-state index is 12.6. The summed E-state index contributed by atoms with van der Waals surface area (Å²) >= 11 is 9.19. The first kappa shape index (κ1) is 11.7. The molecule has 0 aliphatic heterocycles. The highest BCUT2D eigenvalue weighted by molar-refractivity contribution is 9.10. The van der Waals surface area contributed by atoms with Crippen molar-refractivity contribution in [2.45, 2.75) is 13.3 Å². The summed E-state index contributed by atoms with van der Waals surface area (Å²) in [6, 6.07) is 4.77. The lowest BCUT2D eigenvalue weighted by Crippen LogP contribution is -1.93. The highest BCUT2D eigenvalue weighted by Gasteiger charge is 2.12. The SMILES string of the molecule is Cc1cc(C(F)F)nc2cc(Cl)c(Br)cc12. The number of rotatable bonds is 1. The first-order valence-electron chi connectivity index (χ1n) is 4.53.